The number of para-hydroxylation sites is 2. The van der Waals surface area contributed by atoms with Crippen LogP contribution in [-0.2, 0) is 9.53 Å². The Kier molecular flexibility index (Phi) is 5.93. The average Bonchev–Trinajstić information content (AvgIpc) is 2.69. The van der Waals surface area contributed by atoms with E-state index in [0.717, 1.165) is 31.9 Å². The third-order valence-corrected chi connectivity index (χ3v) is 4.69. The first kappa shape index (κ1) is 18.7. The van der Waals surface area contributed by atoms with Gasteiger partial charge in [-0.05, 0) is 36.4 Å². The largest absolute Gasteiger partial charge is 0.506 e. The summed E-state index contributed by atoms with van der Waals surface area (Å²) in [5.74, 6) is -0.180. The number of piperazine rings is 1. The molecule has 1 saturated heterocycles. The zero-order chi connectivity index (χ0) is 19.2. The van der Waals surface area contributed by atoms with Gasteiger partial charge in [-0.15, -0.1) is 0 Å². The lowest BCUT2D eigenvalue weighted by Crippen LogP contribution is -3.15. The van der Waals surface area contributed by atoms with Crippen molar-refractivity contribution in [3.05, 3.63) is 54.1 Å². The number of carbonyl (C=O) groups is 2. The molecule has 3 N–H and O–H groups in total. The lowest BCUT2D eigenvalue weighted by Gasteiger charge is -2.33. The van der Waals surface area contributed by atoms with E-state index in [4.69, 9.17) is 0 Å². The zero-order valence-corrected chi connectivity index (χ0v) is 15.3. The second-order valence-electron chi connectivity index (χ2n) is 6.52. The van der Waals surface area contributed by atoms with Gasteiger partial charge in [0.05, 0.1) is 44.5 Å². The fraction of sp³-hybridized carbons (Fsp3) is 0.300. The summed E-state index contributed by atoms with van der Waals surface area (Å²) in [7, 11) is 1.33. The van der Waals surface area contributed by atoms with Crippen molar-refractivity contribution in [3.8, 4) is 5.75 Å². The normalized spacial score (nSPS) is 14.6. The van der Waals surface area contributed by atoms with Crippen molar-refractivity contribution in [2.75, 3.05) is 50.1 Å². The van der Waals surface area contributed by atoms with Crippen LogP contribution in [0.3, 0.4) is 0 Å². The highest BCUT2D eigenvalue weighted by Crippen LogP contribution is 2.25. The number of amides is 1. The number of methoxy groups -OCH3 is 1. The van der Waals surface area contributed by atoms with Gasteiger partial charge in [0.25, 0.3) is 5.91 Å². The van der Waals surface area contributed by atoms with Crippen LogP contribution < -0.4 is 15.1 Å². The minimum atomic E-state index is -0.403. The molecule has 1 aliphatic rings. The molecule has 0 aliphatic carbocycles. The molecule has 1 heterocycles. The number of anilines is 2. The van der Waals surface area contributed by atoms with Gasteiger partial charge in [-0.2, -0.15) is 0 Å². The number of nitrogens with one attached hydrogen (secondary N) is 2. The predicted molar refractivity (Wildman–Crippen MR) is 102 cm³/mol. The highest BCUT2D eigenvalue weighted by Gasteiger charge is 2.23. The number of aromatic hydroxyl groups is 1. The Hall–Kier alpha value is -3.06. The van der Waals surface area contributed by atoms with Gasteiger partial charge >= 0.3 is 5.97 Å². The molecule has 1 fully saturated rings. The Bertz CT molecular complexity index is 799. The van der Waals surface area contributed by atoms with Gasteiger partial charge in [0, 0.05) is 5.69 Å². The molecule has 1 amide bonds. The molecule has 7 heteroatoms. The number of esters is 1. The molecule has 0 spiro atoms. The SMILES string of the molecule is COC(=O)c1ccc(NC(=O)C[NH+]2CCN(c3ccccc3O)CC2)cc1. The van der Waals surface area contributed by atoms with Crippen molar-refractivity contribution >= 4 is 23.3 Å². The van der Waals surface area contributed by atoms with Crippen LogP contribution in [0.25, 0.3) is 0 Å². The molecule has 0 bridgehead atoms. The van der Waals surface area contributed by atoms with Crippen LogP contribution in [0.1, 0.15) is 10.4 Å². The topological polar surface area (TPSA) is 83.3 Å². The van der Waals surface area contributed by atoms with Gasteiger partial charge in [0.2, 0.25) is 0 Å². The first-order valence-electron chi connectivity index (χ1n) is 8.91. The third-order valence-electron chi connectivity index (χ3n) is 4.69. The monoisotopic (exact) mass is 370 g/mol. The van der Waals surface area contributed by atoms with Gasteiger partial charge in [0.1, 0.15) is 5.75 Å². The van der Waals surface area contributed by atoms with Crippen LogP contribution in [0.15, 0.2) is 48.5 Å². The molecule has 1 aliphatic heterocycles. The van der Waals surface area contributed by atoms with Crippen LogP contribution in [0.2, 0.25) is 0 Å². The lowest BCUT2D eigenvalue weighted by atomic mass is 10.2. The van der Waals surface area contributed by atoms with Crippen LogP contribution in [-0.4, -0.2) is 56.8 Å². The first-order chi connectivity index (χ1) is 13.1. The van der Waals surface area contributed by atoms with Gasteiger partial charge in [-0.3, -0.25) is 4.79 Å². The second kappa shape index (κ2) is 8.55. The smallest absolute Gasteiger partial charge is 0.337 e. The van der Waals surface area contributed by atoms with E-state index in [1.807, 2.05) is 18.2 Å². The maximum Gasteiger partial charge on any atom is 0.337 e. The van der Waals surface area contributed by atoms with E-state index >= 15 is 0 Å². The molecular formula is C20H24N3O4+. The summed E-state index contributed by atoms with van der Waals surface area (Å²) in [6.07, 6.45) is 0. The van der Waals surface area contributed by atoms with Crippen LogP contribution in [0, 0.1) is 0 Å². The minimum absolute atomic E-state index is 0.0631. The van der Waals surface area contributed by atoms with Crippen molar-refractivity contribution in [3.63, 3.8) is 0 Å². The van der Waals surface area contributed by atoms with Crippen molar-refractivity contribution < 1.29 is 24.3 Å². The Morgan fingerprint density at radius 3 is 2.41 bits per heavy atom. The molecule has 0 radical (unpaired) electrons. The molecule has 0 atom stereocenters. The minimum Gasteiger partial charge on any atom is -0.506 e. The molecule has 0 saturated carbocycles. The summed E-state index contributed by atoms with van der Waals surface area (Å²) < 4.78 is 4.66. The van der Waals surface area contributed by atoms with E-state index in [-0.39, 0.29) is 11.7 Å². The quantitative estimate of drug-likeness (QED) is 0.669. The fourth-order valence-corrected chi connectivity index (χ4v) is 3.21. The van der Waals surface area contributed by atoms with Crippen LogP contribution >= 0.6 is 0 Å². The molecule has 142 valence electrons. The lowest BCUT2D eigenvalue weighted by molar-refractivity contribution is -0.892. The number of hydrogen-bond acceptors (Lipinski definition) is 5. The van der Waals surface area contributed by atoms with Crippen LogP contribution in [0.4, 0.5) is 11.4 Å². The number of carbonyl (C=O) groups excluding carboxylic acids is 2. The Morgan fingerprint density at radius 2 is 1.78 bits per heavy atom. The summed E-state index contributed by atoms with van der Waals surface area (Å²) >= 11 is 0. The highest BCUT2D eigenvalue weighted by molar-refractivity contribution is 5.93. The Labute approximate surface area is 158 Å². The molecular weight excluding hydrogens is 346 g/mol. The summed E-state index contributed by atoms with van der Waals surface area (Å²) in [6.45, 7) is 3.60. The van der Waals surface area contributed by atoms with Gasteiger partial charge in [0.15, 0.2) is 6.54 Å². The van der Waals surface area contributed by atoms with E-state index in [1.165, 1.54) is 12.0 Å². The van der Waals surface area contributed by atoms with E-state index in [1.54, 1.807) is 30.3 Å². The van der Waals surface area contributed by atoms with E-state index in [0.29, 0.717) is 17.8 Å². The number of quaternary nitrogens is 1. The highest BCUT2D eigenvalue weighted by atomic mass is 16.5. The number of ether oxygens (including phenoxy) is 1. The zero-order valence-electron chi connectivity index (χ0n) is 15.3. The molecule has 2 aromatic carbocycles. The predicted octanol–water partition coefficient (Wildman–Crippen LogP) is 0.522. The van der Waals surface area contributed by atoms with E-state index < -0.39 is 5.97 Å². The third kappa shape index (κ3) is 4.77. The standard InChI is InChI=1S/C20H23N3O4/c1-27-20(26)15-6-8-16(9-7-15)21-19(25)14-22-10-12-23(13-11-22)17-4-2-3-5-18(17)24/h2-9,24H,10-14H2,1H3,(H,21,25)/p+1. The maximum absolute atomic E-state index is 12.3. The summed E-state index contributed by atoms with van der Waals surface area (Å²) in [5, 5.41) is 12.8. The maximum atomic E-state index is 12.3. The summed E-state index contributed by atoms with van der Waals surface area (Å²) in [6, 6.07) is 13.9. The van der Waals surface area contributed by atoms with E-state index in [9.17, 15) is 14.7 Å². The number of phenolic OH excluding ortho intramolecular Hbond substituents is 1. The Balaban J connectivity index is 1.48. The number of phenols is 1. The molecule has 0 unspecified atom stereocenters. The van der Waals surface area contributed by atoms with Crippen molar-refractivity contribution in [1.82, 2.24) is 0 Å². The van der Waals surface area contributed by atoms with Gasteiger partial charge < -0.3 is 25.0 Å². The molecule has 2 aromatic rings. The number of benzene rings is 2. The van der Waals surface area contributed by atoms with Gasteiger partial charge in [-0.25, -0.2) is 4.79 Å². The number of hydrogen-bond donors (Lipinski definition) is 3. The van der Waals surface area contributed by atoms with Crippen molar-refractivity contribution in [2.45, 2.75) is 0 Å². The molecule has 27 heavy (non-hydrogen) atoms. The average molecular weight is 370 g/mol. The second-order valence-corrected chi connectivity index (χ2v) is 6.52. The fourth-order valence-electron chi connectivity index (χ4n) is 3.21. The van der Waals surface area contributed by atoms with Crippen LogP contribution in [0.5, 0.6) is 5.75 Å². The molecule has 3 rings (SSSR count). The first-order valence-corrected chi connectivity index (χ1v) is 8.91. The molecule has 7 nitrogen and oxygen atoms in total. The van der Waals surface area contributed by atoms with Crippen molar-refractivity contribution in [2.24, 2.45) is 0 Å². The van der Waals surface area contributed by atoms with Gasteiger partial charge in [-0.1, -0.05) is 12.1 Å². The Morgan fingerprint density at radius 1 is 1.11 bits per heavy atom. The number of rotatable bonds is 5. The summed E-state index contributed by atoms with van der Waals surface area (Å²) in [4.78, 5) is 27.1. The molecule has 0 aromatic heterocycles. The van der Waals surface area contributed by atoms with E-state index in [2.05, 4.69) is 15.0 Å². The number of nitrogens with zero attached hydrogens (tertiary/aromatic N) is 1. The van der Waals surface area contributed by atoms with Crippen molar-refractivity contribution in [1.29, 1.82) is 0 Å². The summed E-state index contributed by atoms with van der Waals surface area (Å²) in [5.41, 5.74) is 1.94.